The Labute approximate surface area is 181 Å². The number of likely N-dealkylation sites (tertiary alicyclic amines) is 1. The largest absolute Gasteiger partial charge is 0.357 e. The summed E-state index contributed by atoms with van der Waals surface area (Å²) in [7, 11) is 1.98. The van der Waals surface area contributed by atoms with Crippen molar-refractivity contribution in [2.45, 2.75) is 52.1 Å². The van der Waals surface area contributed by atoms with Gasteiger partial charge in [-0.25, -0.2) is 0 Å². The smallest absolute Gasteiger partial charge is 0.193 e. The van der Waals surface area contributed by atoms with Crippen LogP contribution in [0.3, 0.4) is 0 Å². The molecule has 2 N–H and O–H groups in total. The quantitative estimate of drug-likeness (QED) is 0.517. The van der Waals surface area contributed by atoms with Crippen LogP contribution in [0, 0.1) is 5.92 Å². The van der Waals surface area contributed by atoms with Crippen molar-refractivity contribution in [2.75, 3.05) is 26.2 Å². The highest BCUT2D eigenvalue weighted by atomic mass is 15.3. The van der Waals surface area contributed by atoms with Crippen molar-refractivity contribution in [3.8, 4) is 0 Å². The van der Waals surface area contributed by atoms with Crippen molar-refractivity contribution in [2.24, 2.45) is 18.0 Å². The molecule has 1 aliphatic heterocycles. The Morgan fingerprint density at radius 1 is 1.30 bits per heavy atom. The van der Waals surface area contributed by atoms with Crippen molar-refractivity contribution < 1.29 is 0 Å². The molecule has 1 fully saturated rings. The van der Waals surface area contributed by atoms with Crippen LogP contribution in [0.1, 0.15) is 51.3 Å². The van der Waals surface area contributed by atoms with Crippen LogP contribution in [0.25, 0.3) is 0 Å². The summed E-state index contributed by atoms with van der Waals surface area (Å²) in [4.78, 5) is 7.43. The van der Waals surface area contributed by atoms with Crippen molar-refractivity contribution in [1.82, 2.24) is 25.3 Å². The number of benzene rings is 1. The molecule has 2 aromatic rings. The first-order valence-electron chi connectivity index (χ1n) is 11.2. The molecule has 0 spiro atoms. The Hall–Kier alpha value is -2.34. The van der Waals surface area contributed by atoms with E-state index < -0.39 is 0 Å². The van der Waals surface area contributed by atoms with Gasteiger partial charge in [-0.2, -0.15) is 5.10 Å². The van der Waals surface area contributed by atoms with Gasteiger partial charge in [-0.15, -0.1) is 0 Å². The van der Waals surface area contributed by atoms with E-state index in [1.165, 1.54) is 17.5 Å². The minimum Gasteiger partial charge on any atom is -0.357 e. The number of aliphatic imine (C=N–C) groups is 1. The molecular formula is C24H38N6. The van der Waals surface area contributed by atoms with E-state index in [1.807, 2.05) is 17.9 Å². The first kappa shape index (κ1) is 22.3. The molecule has 1 aromatic carbocycles. The molecular weight excluding hydrogens is 372 g/mol. The topological polar surface area (TPSA) is 57.5 Å². The number of rotatable bonds is 8. The van der Waals surface area contributed by atoms with Gasteiger partial charge in [0, 0.05) is 44.5 Å². The molecule has 30 heavy (non-hydrogen) atoms. The number of guanidine groups is 1. The molecule has 6 nitrogen and oxygen atoms in total. The van der Waals surface area contributed by atoms with Gasteiger partial charge in [0.15, 0.2) is 5.96 Å². The first-order chi connectivity index (χ1) is 14.4. The number of nitrogens with one attached hydrogen (secondary N) is 2. The van der Waals surface area contributed by atoms with E-state index in [0.29, 0.717) is 5.92 Å². The predicted molar refractivity (Wildman–Crippen MR) is 125 cm³/mol. The zero-order valence-electron chi connectivity index (χ0n) is 19.2. The fourth-order valence-electron chi connectivity index (χ4n) is 4.26. The Bertz CT molecular complexity index is 810. The third-order valence-electron chi connectivity index (χ3n) is 5.73. The molecule has 0 aliphatic carbocycles. The van der Waals surface area contributed by atoms with Crippen molar-refractivity contribution in [3.05, 3.63) is 53.9 Å². The molecule has 164 valence electrons. The molecule has 2 unspecified atom stereocenters. The molecule has 0 radical (unpaired) electrons. The maximum atomic E-state index is 5.01. The van der Waals surface area contributed by atoms with Crippen LogP contribution < -0.4 is 10.6 Å². The fourth-order valence-corrected chi connectivity index (χ4v) is 4.26. The molecule has 3 rings (SSSR count). The summed E-state index contributed by atoms with van der Waals surface area (Å²) in [5.74, 6) is 1.69. The molecule has 0 saturated carbocycles. The van der Waals surface area contributed by atoms with Gasteiger partial charge in [-0.1, -0.05) is 30.3 Å². The van der Waals surface area contributed by atoms with Gasteiger partial charge in [-0.05, 0) is 57.6 Å². The van der Waals surface area contributed by atoms with E-state index in [0.717, 1.165) is 38.6 Å². The Balaban J connectivity index is 1.58. The maximum absolute atomic E-state index is 5.01. The summed E-state index contributed by atoms with van der Waals surface area (Å²) in [6.45, 7) is 12.5. The van der Waals surface area contributed by atoms with E-state index in [4.69, 9.17) is 4.99 Å². The SMILES string of the molecule is CCNC(=NCC(C)(C)NC(C)c1ccccc1)N1CCC(Cc2cnn(C)c2)C1. The minimum absolute atomic E-state index is 0.0925. The molecule has 1 aliphatic rings. The number of hydrogen-bond donors (Lipinski definition) is 2. The van der Waals surface area contributed by atoms with E-state index in [2.05, 4.69) is 84.9 Å². The van der Waals surface area contributed by atoms with Gasteiger partial charge >= 0.3 is 0 Å². The van der Waals surface area contributed by atoms with Crippen molar-refractivity contribution >= 4 is 5.96 Å². The molecule has 2 atom stereocenters. The lowest BCUT2D eigenvalue weighted by Gasteiger charge is -2.30. The number of nitrogens with zero attached hydrogens (tertiary/aromatic N) is 4. The normalized spacial score (nSPS) is 18.6. The second-order valence-corrected chi connectivity index (χ2v) is 9.16. The summed E-state index contributed by atoms with van der Waals surface area (Å²) < 4.78 is 1.89. The Kier molecular flexibility index (Phi) is 7.53. The van der Waals surface area contributed by atoms with Gasteiger partial charge in [-0.3, -0.25) is 9.67 Å². The van der Waals surface area contributed by atoms with Gasteiger partial charge in [0.1, 0.15) is 0 Å². The lowest BCUT2D eigenvalue weighted by molar-refractivity contribution is 0.354. The number of aromatic nitrogens is 2. The highest BCUT2D eigenvalue weighted by molar-refractivity contribution is 5.80. The number of aryl methyl sites for hydroxylation is 1. The second-order valence-electron chi connectivity index (χ2n) is 9.16. The van der Waals surface area contributed by atoms with Crippen molar-refractivity contribution in [3.63, 3.8) is 0 Å². The average Bonchev–Trinajstić information content (AvgIpc) is 3.34. The monoisotopic (exact) mass is 410 g/mol. The Morgan fingerprint density at radius 2 is 2.07 bits per heavy atom. The molecule has 1 saturated heterocycles. The maximum Gasteiger partial charge on any atom is 0.193 e. The lowest BCUT2D eigenvalue weighted by Crippen LogP contribution is -2.46. The highest BCUT2D eigenvalue weighted by Gasteiger charge is 2.26. The average molecular weight is 411 g/mol. The zero-order chi connectivity index (χ0) is 21.6. The van der Waals surface area contributed by atoms with Crippen molar-refractivity contribution in [1.29, 1.82) is 0 Å². The summed E-state index contributed by atoms with van der Waals surface area (Å²) in [6, 6.07) is 10.9. The summed E-state index contributed by atoms with van der Waals surface area (Å²) in [6.07, 6.45) is 6.41. The van der Waals surface area contributed by atoms with Crippen LogP contribution >= 0.6 is 0 Å². The van der Waals surface area contributed by atoms with E-state index in [-0.39, 0.29) is 11.6 Å². The standard InChI is InChI=1S/C24H38N6/c1-6-25-23(30-13-12-20(17-30)14-21-15-27-29(5)16-21)26-18-24(3,4)28-19(2)22-10-8-7-9-11-22/h7-11,15-16,19-20,28H,6,12-14,17-18H2,1-5H3,(H,25,26). The van der Waals surface area contributed by atoms with Gasteiger partial charge in [0.2, 0.25) is 0 Å². The Morgan fingerprint density at radius 3 is 2.73 bits per heavy atom. The summed E-state index contributed by atoms with van der Waals surface area (Å²) in [5, 5.41) is 11.5. The molecule has 0 bridgehead atoms. The van der Waals surface area contributed by atoms with E-state index >= 15 is 0 Å². The van der Waals surface area contributed by atoms with Gasteiger partial charge in [0.25, 0.3) is 0 Å². The minimum atomic E-state index is -0.0925. The van der Waals surface area contributed by atoms with Crippen LogP contribution in [-0.2, 0) is 13.5 Å². The molecule has 0 amide bonds. The van der Waals surface area contributed by atoms with Crippen LogP contribution in [0.4, 0.5) is 0 Å². The van der Waals surface area contributed by atoms with E-state index in [9.17, 15) is 0 Å². The zero-order valence-corrected chi connectivity index (χ0v) is 19.2. The number of hydrogen-bond acceptors (Lipinski definition) is 3. The summed E-state index contributed by atoms with van der Waals surface area (Å²) >= 11 is 0. The fraction of sp³-hybridized carbons (Fsp3) is 0.583. The van der Waals surface area contributed by atoms with Crippen LogP contribution in [-0.4, -0.2) is 52.4 Å². The third kappa shape index (κ3) is 6.33. The van der Waals surface area contributed by atoms with Gasteiger partial charge < -0.3 is 15.5 Å². The third-order valence-corrected chi connectivity index (χ3v) is 5.73. The predicted octanol–water partition coefficient (Wildman–Crippen LogP) is 3.38. The van der Waals surface area contributed by atoms with Crippen LogP contribution in [0.2, 0.25) is 0 Å². The lowest BCUT2D eigenvalue weighted by atomic mass is 10.0. The second kappa shape index (κ2) is 10.1. The highest BCUT2D eigenvalue weighted by Crippen LogP contribution is 2.21. The molecule has 1 aromatic heterocycles. The molecule has 2 heterocycles. The van der Waals surface area contributed by atoms with Crippen LogP contribution in [0.15, 0.2) is 47.7 Å². The van der Waals surface area contributed by atoms with Gasteiger partial charge in [0.05, 0.1) is 12.7 Å². The summed E-state index contributed by atoms with van der Waals surface area (Å²) in [5.41, 5.74) is 2.54. The first-order valence-corrected chi connectivity index (χ1v) is 11.2. The van der Waals surface area contributed by atoms with E-state index in [1.54, 1.807) is 0 Å². The molecule has 6 heteroatoms. The van der Waals surface area contributed by atoms with Crippen LogP contribution in [0.5, 0.6) is 0 Å².